The molecule has 1 aromatic carbocycles. The van der Waals surface area contributed by atoms with Crippen molar-refractivity contribution in [2.75, 3.05) is 19.5 Å². The van der Waals surface area contributed by atoms with E-state index in [0.29, 0.717) is 5.69 Å². The molecule has 0 aliphatic carbocycles. The molecule has 2 N–H and O–H groups in total. The van der Waals surface area contributed by atoms with Crippen molar-refractivity contribution in [3.63, 3.8) is 0 Å². The van der Waals surface area contributed by atoms with E-state index in [2.05, 4.69) is 24.8 Å². The Kier molecular flexibility index (Phi) is 7.47. The third-order valence-corrected chi connectivity index (χ3v) is 5.08. The zero-order chi connectivity index (χ0) is 23.2. The molecule has 0 aliphatic rings. The number of esters is 2. The lowest BCUT2D eigenvalue weighted by Crippen LogP contribution is -2.35. The fourth-order valence-electron chi connectivity index (χ4n) is 2.33. The van der Waals surface area contributed by atoms with Crippen LogP contribution in [0.1, 0.15) is 23.0 Å². The minimum atomic E-state index is -4.43. The second-order valence-electron chi connectivity index (χ2n) is 6.00. The summed E-state index contributed by atoms with van der Waals surface area (Å²) in [5, 5.41) is 2.16. The van der Waals surface area contributed by atoms with E-state index in [1.807, 2.05) is 0 Å². The average Bonchev–Trinajstić information content (AvgIpc) is 2.71. The Morgan fingerprint density at radius 3 is 2.39 bits per heavy atom. The SMILES string of the molecule is COC(=O)c1ccccc1S(=O)(=O)NC(=O)Nc1nc(C)cc(OC(C)C(=O)OC)n1. The highest BCUT2D eigenvalue weighted by molar-refractivity contribution is 7.90. The molecule has 0 radical (unpaired) electrons. The molecule has 31 heavy (non-hydrogen) atoms. The monoisotopic (exact) mass is 452 g/mol. The van der Waals surface area contributed by atoms with E-state index in [1.54, 1.807) is 11.6 Å². The van der Waals surface area contributed by atoms with Gasteiger partial charge in [0.1, 0.15) is 4.90 Å². The Morgan fingerprint density at radius 2 is 1.74 bits per heavy atom. The lowest BCUT2D eigenvalue weighted by Gasteiger charge is -2.13. The molecule has 1 aromatic heterocycles. The summed E-state index contributed by atoms with van der Waals surface area (Å²) in [6.07, 6.45) is -0.976. The number of sulfonamides is 1. The lowest BCUT2D eigenvalue weighted by molar-refractivity contribution is -0.148. The van der Waals surface area contributed by atoms with E-state index in [-0.39, 0.29) is 17.4 Å². The summed E-state index contributed by atoms with van der Waals surface area (Å²) in [6, 6.07) is 5.44. The van der Waals surface area contributed by atoms with Crippen LogP contribution in [0, 0.1) is 6.92 Å². The summed E-state index contributed by atoms with van der Waals surface area (Å²) in [4.78, 5) is 43.0. The van der Waals surface area contributed by atoms with Gasteiger partial charge in [0.05, 0.1) is 19.8 Å². The fourth-order valence-corrected chi connectivity index (χ4v) is 3.44. The van der Waals surface area contributed by atoms with Crippen LogP contribution in [0.2, 0.25) is 0 Å². The van der Waals surface area contributed by atoms with Gasteiger partial charge >= 0.3 is 18.0 Å². The highest BCUT2D eigenvalue weighted by Gasteiger charge is 2.25. The predicted octanol–water partition coefficient (Wildman–Crippen LogP) is 1.02. The minimum absolute atomic E-state index is 0.0420. The van der Waals surface area contributed by atoms with Crippen molar-refractivity contribution in [1.29, 1.82) is 0 Å². The summed E-state index contributed by atoms with van der Waals surface area (Å²) in [5.41, 5.74) is 0.126. The van der Waals surface area contributed by atoms with Gasteiger partial charge in [0, 0.05) is 11.8 Å². The smallest absolute Gasteiger partial charge is 0.346 e. The number of nitrogens with zero attached hydrogens (tertiary/aromatic N) is 2. The highest BCUT2D eigenvalue weighted by Crippen LogP contribution is 2.17. The van der Waals surface area contributed by atoms with Crippen LogP contribution in [0.5, 0.6) is 5.88 Å². The molecule has 13 heteroatoms. The molecular weight excluding hydrogens is 432 g/mol. The first kappa shape index (κ1) is 23.5. The Balaban J connectivity index is 2.19. The second kappa shape index (κ2) is 9.84. The number of carbonyl (C=O) groups is 3. The third kappa shape index (κ3) is 6.12. The van der Waals surface area contributed by atoms with Crippen LogP contribution in [0.4, 0.5) is 10.7 Å². The molecule has 0 saturated heterocycles. The number of urea groups is 1. The number of aromatic nitrogens is 2. The maximum absolute atomic E-state index is 12.6. The van der Waals surface area contributed by atoms with Crippen molar-refractivity contribution in [3.8, 4) is 5.88 Å². The van der Waals surface area contributed by atoms with E-state index in [4.69, 9.17) is 4.74 Å². The first-order chi connectivity index (χ1) is 14.6. The number of carbonyl (C=O) groups excluding carboxylic acids is 3. The van der Waals surface area contributed by atoms with Crippen molar-refractivity contribution < 1.29 is 37.0 Å². The number of ether oxygens (including phenoxy) is 3. The summed E-state index contributed by atoms with van der Waals surface area (Å²) in [7, 11) is -2.13. The van der Waals surface area contributed by atoms with Gasteiger partial charge < -0.3 is 14.2 Å². The first-order valence-electron chi connectivity index (χ1n) is 8.68. The van der Waals surface area contributed by atoms with Gasteiger partial charge in [-0.3, -0.25) is 5.32 Å². The van der Waals surface area contributed by atoms with Crippen LogP contribution in [0.15, 0.2) is 35.2 Å². The molecule has 2 aromatic rings. The Hall–Kier alpha value is -3.74. The van der Waals surface area contributed by atoms with Crippen LogP contribution in [-0.4, -0.2) is 56.7 Å². The molecule has 0 saturated carbocycles. The maximum Gasteiger partial charge on any atom is 0.346 e. The highest BCUT2D eigenvalue weighted by atomic mass is 32.2. The standard InChI is InChI=1S/C18H20N4O8S/c1-10-9-14(30-11(2)15(23)28-3)20-17(19-10)21-18(25)22-31(26,27)13-8-6-5-7-12(13)16(24)29-4/h5-9,11H,1-4H3,(H2,19,20,21,22,25). The summed E-state index contributed by atoms with van der Waals surface area (Å²) in [5.74, 6) is -1.84. The summed E-state index contributed by atoms with van der Waals surface area (Å²) >= 11 is 0. The maximum atomic E-state index is 12.6. The van der Waals surface area contributed by atoms with Gasteiger partial charge in [-0.1, -0.05) is 12.1 Å². The molecule has 0 spiro atoms. The number of nitrogens with one attached hydrogen (secondary N) is 2. The number of rotatable bonds is 7. The molecule has 1 atom stereocenters. The van der Waals surface area contributed by atoms with Crippen molar-refractivity contribution in [1.82, 2.24) is 14.7 Å². The van der Waals surface area contributed by atoms with Gasteiger partial charge in [0.25, 0.3) is 10.0 Å². The quantitative estimate of drug-likeness (QED) is 0.580. The molecule has 0 fully saturated rings. The molecule has 1 unspecified atom stereocenters. The molecular formula is C18H20N4O8S. The molecule has 166 valence electrons. The Morgan fingerprint density at radius 1 is 1.06 bits per heavy atom. The Labute approximate surface area is 178 Å². The number of methoxy groups -OCH3 is 2. The van der Waals surface area contributed by atoms with Gasteiger partial charge in [-0.2, -0.15) is 4.98 Å². The van der Waals surface area contributed by atoms with E-state index in [1.165, 1.54) is 38.3 Å². The average molecular weight is 452 g/mol. The van der Waals surface area contributed by atoms with E-state index in [9.17, 15) is 22.8 Å². The summed E-state index contributed by atoms with van der Waals surface area (Å²) < 4.78 is 41.3. The normalized spacial score (nSPS) is 11.7. The zero-order valence-electron chi connectivity index (χ0n) is 17.0. The van der Waals surface area contributed by atoms with Gasteiger partial charge in [0.15, 0.2) is 6.10 Å². The van der Waals surface area contributed by atoms with E-state index < -0.39 is 39.0 Å². The predicted molar refractivity (Wildman–Crippen MR) is 106 cm³/mol. The molecule has 12 nitrogen and oxygen atoms in total. The number of benzene rings is 1. The number of hydrogen-bond donors (Lipinski definition) is 2. The third-order valence-electron chi connectivity index (χ3n) is 3.70. The zero-order valence-corrected chi connectivity index (χ0v) is 17.8. The van der Waals surface area contributed by atoms with Crippen molar-refractivity contribution in [2.24, 2.45) is 0 Å². The minimum Gasteiger partial charge on any atom is -0.466 e. The number of anilines is 1. The number of aryl methyl sites for hydroxylation is 1. The summed E-state index contributed by atoms with van der Waals surface area (Å²) in [6.45, 7) is 3.01. The Bertz CT molecular complexity index is 1100. The number of hydrogen-bond acceptors (Lipinski definition) is 10. The molecule has 0 aliphatic heterocycles. The van der Waals surface area contributed by atoms with Crippen molar-refractivity contribution >= 4 is 33.9 Å². The fraction of sp³-hybridized carbons (Fsp3) is 0.278. The first-order valence-corrected chi connectivity index (χ1v) is 10.2. The van der Waals surface area contributed by atoms with Crippen molar-refractivity contribution in [2.45, 2.75) is 24.8 Å². The largest absolute Gasteiger partial charge is 0.466 e. The van der Waals surface area contributed by atoms with E-state index >= 15 is 0 Å². The van der Waals surface area contributed by atoms with Gasteiger partial charge in [0.2, 0.25) is 11.8 Å². The van der Waals surface area contributed by atoms with Crippen LogP contribution >= 0.6 is 0 Å². The van der Waals surface area contributed by atoms with Gasteiger partial charge in [-0.15, -0.1) is 0 Å². The van der Waals surface area contributed by atoms with Crippen LogP contribution in [0.25, 0.3) is 0 Å². The second-order valence-corrected chi connectivity index (χ2v) is 7.65. The van der Waals surface area contributed by atoms with E-state index in [0.717, 1.165) is 13.2 Å². The lowest BCUT2D eigenvalue weighted by atomic mass is 10.2. The topological polar surface area (TPSA) is 163 Å². The van der Waals surface area contributed by atoms with Crippen LogP contribution < -0.4 is 14.8 Å². The van der Waals surface area contributed by atoms with Crippen LogP contribution in [-0.2, 0) is 24.3 Å². The molecule has 0 bridgehead atoms. The molecule has 1 heterocycles. The van der Waals surface area contributed by atoms with Crippen LogP contribution in [0.3, 0.4) is 0 Å². The van der Waals surface area contributed by atoms with Gasteiger partial charge in [-0.25, -0.2) is 32.5 Å². The number of amides is 2. The van der Waals surface area contributed by atoms with Gasteiger partial charge in [-0.05, 0) is 26.0 Å². The molecule has 2 rings (SSSR count). The molecule has 2 amide bonds. The van der Waals surface area contributed by atoms with Crippen molar-refractivity contribution in [3.05, 3.63) is 41.6 Å².